The van der Waals surface area contributed by atoms with Gasteiger partial charge in [-0.05, 0) is 83.9 Å². The van der Waals surface area contributed by atoms with Crippen LogP contribution in [0.1, 0.15) is 50.2 Å². The maximum absolute atomic E-state index is 11.5. The molecule has 10 nitrogen and oxygen atoms in total. The van der Waals surface area contributed by atoms with Crippen LogP contribution in [0.15, 0.2) is 102 Å². The number of aromatic nitrogens is 2. The van der Waals surface area contributed by atoms with E-state index in [9.17, 15) is 19.2 Å². The lowest BCUT2D eigenvalue weighted by atomic mass is 10.1. The second-order valence-corrected chi connectivity index (χ2v) is 12.2. The number of amides is 4. The number of rotatable bonds is 11. The number of nitrogens with one attached hydrogen (secondary N) is 2. The van der Waals surface area contributed by atoms with Crippen molar-refractivity contribution in [3.63, 3.8) is 0 Å². The van der Waals surface area contributed by atoms with Crippen molar-refractivity contribution in [2.24, 2.45) is 0 Å². The van der Waals surface area contributed by atoms with E-state index in [4.69, 9.17) is 9.47 Å². The van der Waals surface area contributed by atoms with E-state index in [0.29, 0.717) is 24.5 Å². The summed E-state index contributed by atoms with van der Waals surface area (Å²) in [6.45, 7) is 9.11. The number of ether oxygens (including phenoxy) is 2. The largest absolute Gasteiger partial charge is 0.493 e. The highest BCUT2D eigenvalue weighted by atomic mass is 32.2. The number of carbonyl (C=O) groups excluding carboxylic acids is 4. The summed E-state index contributed by atoms with van der Waals surface area (Å²) in [7, 11) is 0. The molecule has 6 rings (SSSR count). The lowest BCUT2D eigenvalue weighted by Crippen LogP contribution is -2.25. The first-order chi connectivity index (χ1) is 24.4. The zero-order chi connectivity index (χ0) is 36.1. The first-order valence-electron chi connectivity index (χ1n) is 16.4. The van der Waals surface area contributed by atoms with E-state index in [1.807, 2.05) is 113 Å². The number of carbonyl (C=O) groups is 4. The van der Waals surface area contributed by atoms with E-state index in [1.165, 1.54) is 0 Å². The summed E-state index contributed by atoms with van der Waals surface area (Å²) in [6, 6.07) is 26.6. The van der Waals surface area contributed by atoms with Crippen LogP contribution in [-0.4, -0.2) is 50.7 Å². The fraction of sp³-hybridized carbons (Fsp3) is 0.263. The van der Waals surface area contributed by atoms with E-state index in [1.54, 1.807) is 18.5 Å². The Hall–Kier alpha value is -4.94. The second-order valence-electron chi connectivity index (χ2n) is 9.99. The third-order valence-electron chi connectivity index (χ3n) is 6.64. The summed E-state index contributed by atoms with van der Waals surface area (Å²) in [6.07, 6.45) is 7.25. The molecule has 2 N–H and O–H groups in total. The van der Waals surface area contributed by atoms with E-state index in [-0.39, 0.29) is 27.5 Å². The Morgan fingerprint density at radius 1 is 0.680 bits per heavy atom. The molecule has 0 saturated carbocycles. The van der Waals surface area contributed by atoms with Gasteiger partial charge in [-0.2, -0.15) is 0 Å². The molecule has 4 heterocycles. The Labute approximate surface area is 301 Å². The molecule has 12 heteroatoms. The van der Waals surface area contributed by atoms with Gasteiger partial charge in [-0.25, -0.2) is 0 Å². The number of nitrogens with zero attached hydrogens (tertiary/aromatic N) is 2. The Balaban J connectivity index is 0.000000246. The molecule has 262 valence electrons. The number of thioether (sulfide) groups is 2. The highest BCUT2D eigenvalue weighted by Gasteiger charge is 2.31. The van der Waals surface area contributed by atoms with E-state index < -0.39 is 0 Å². The van der Waals surface area contributed by atoms with Crippen molar-refractivity contribution in [3.8, 4) is 11.5 Å². The molecule has 0 radical (unpaired) electrons. The Bertz CT molecular complexity index is 1690. The number of pyridine rings is 2. The molecule has 50 heavy (non-hydrogen) atoms. The van der Waals surface area contributed by atoms with Gasteiger partial charge in [0.05, 0.1) is 23.4 Å². The van der Waals surface area contributed by atoms with Crippen LogP contribution in [0.2, 0.25) is 0 Å². The fourth-order valence-corrected chi connectivity index (χ4v) is 5.88. The minimum atomic E-state index is -0.351. The Morgan fingerprint density at radius 2 is 1.22 bits per heavy atom. The highest BCUT2D eigenvalue weighted by molar-refractivity contribution is 8.18. The third kappa shape index (κ3) is 13.5. The van der Waals surface area contributed by atoms with Crippen molar-refractivity contribution in [1.82, 2.24) is 20.6 Å². The van der Waals surface area contributed by atoms with Crippen molar-refractivity contribution in [1.29, 1.82) is 0 Å². The molecular formula is C38H42N4O6S2. The summed E-state index contributed by atoms with van der Waals surface area (Å²) in [4.78, 5) is 54.2. The van der Waals surface area contributed by atoms with Crippen LogP contribution < -0.4 is 20.1 Å². The summed E-state index contributed by atoms with van der Waals surface area (Å²) in [5, 5.41) is 3.58. The van der Waals surface area contributed by atoms with Crippen LogP contribution in [0.3, 0.4) is 0 Å². The number of benzene rings is 2. The van der Waals surface area contributed by atoms with Gasteiger partial charge in [0.2, 0.25) is 5.91 Å². The monoisotopic (exact) mass is 714 g/mol. The highest BCUT2D eigenvalue weighted by Crippen LogP contribution is 2.26. The predicted octanol–water partition coefficient (Wildman–Crippen LogP) is 7.68. The zero-order valence-electron chi connectivity index (χ0n) is 28.6. The molecule has 2 aliphatic heterocycles. The lowest BCUT2D eigenvalue weighted by molar-refractivity contribution is -0.119. The third-order valence-corrected chi connectivity index (χ3v) is 8.43. The van der Waals surface area contributed by atoms with Gasteiger partial charge in [0.25, 0.3) is 16.4 Å². The zero-order valence-corrected chi connectivity index (χ0v) is 30.2. The molecule has 1 atom stereocenters. The number of hydrogen-bond donors (Lipinski definition) is 2. The minimum Gasteiger partial charge on any atom is -0.493 e. The molecule has 2 fully saturated rings. The molecular weight excluding hydrogens is 673 g/mol. The standard InChI is InChI=1S/C17H16N2O3S.C17H14N2O3S.2C2H6/c2*20-16-15(23-17(21)19-16)11-12-4-6-14(7-5-12)22-10-8-13-3-1-2-9-18-13;2*1-2/h1-7,9,15H,8,10-11H2,(H,19,20,21);1-7,9,11H,8,10H2,(H,19,20,21);2*1-2H3. The fourth-order valence-electron chi connectivity index (χ4n) is 4.34. The van der Waals surface area contributed by atoms with Gasteiger partial charge in [0.1, 0.15) is 11.5 Å². The molecule has 4 aromatic rings. The average molecular weight is 715 g/mol. The Kier molecular flexibility index (Phi) is 17.3. The average Bonchev–Trinajstić information content (AvgIpc) is 3.65. The molecule has 0 spiro atoms. The van der Waals surface area contributed by atoms with Gasteiger partial charge in [-0.3, -0.25) is 39.8 Å². The first-order valence-corrected chi connectivity index (χ1v) is 18.1. The number of hydrogen-bond acceptors (Lipinski definition) is 10. The van der Waals surface area contributed by atoms with E-state index in [0.717, 1.165) is 70.4 Å². The molecule has 0 aliphatic carbocycles. The van der Waals surface area contributed by atoms with Crippen LogP contribution in [0.25, 0.3) is 6.08 Å². The molecule has 2 saturated heterocycles. The quantitative estimate of drug-likeness (QED) is 0.149. The van der Waals surface area contributed by atoms with Crippen LogP contribution in [0, 0.1) is 0 Å². The SMILES string of the molecule is CC.CC.O=C1NC(=O)C(=Cc2ccc(OCCc3ccccn3)cc2)S1.O=C1NC(=O)C(Cc2ccc(OCCc3ccccn3)cc2)S1. The van der Waals surface area contributed by atoms with Crippen LogP contribution >= 0.6 is 23.5 Å². The van der Waals surface area contributed by atoms with Gasteiger partial charge in [-0.15, -0.1) is 0 Å². The maximum atomic E-state index is 11.5. The van der Waals surface area contributed by atoms with Crippen LogP contribution in [0.4, 0.5) is 9.59 Å². The minimum absolute atomic E-state index is 0.212. The van der Waals surface area contributed by atoms with Gasteiger partial charge in [-0.1, -0.05) is 75.9 Å². The Morgan fingerprint density at radius 3 is 1.66 bits per heavy atom. The molecule has 2 aromatic heterocycles. The molecule has 2 aliphatic rings. The van der Waals surface area contributed by atoms with E-state index in [2.05, 4.69) is 20.6 Å². The summed E-state index contributed by atoms with van der Waals surface area (Å²) < 4.78 is 11.4. The molecule has 0 bridgehead atoms. The van der Waals surface area contributed by atoms with Gasteiger partial charge >= 0.3 is 0 Å². The molecule has 1 unspecified atom stereocenters. The second kappa shape index (κ2) is 21.9. The maximum Gasteiger partial charge on any atom is 0.290 e. The predicted molar refractivity (Wildman–Crippen MR) is 200 cm³/mol. The summed E-state index contributed by atoms with van der Waals surface area (Å²) >= 11 is 1.95. The summed E-state index contributed by atoms with van der Waals surface area (Å²) in [5.41, 5.74) is 3.83. The summed E-state index contributed by atoms with van der Waals surface area (Å²) in [5.74, 6) is 0.971. The van der Waals surface area contributed by atoms with Crippen molar-refractivity contribution >= 4 is 51.9 Å². The van der Waals surface area contributed by atoms with Crippen molar-refractivity contribution in [3.05, 3.63) is 125 Å². The topological polar surface area (TPSA) is 137 Å². The normalized spacial score (nSPS) is 15.4. The van der Waals surface area contributed by atoms with Crippen molar-refractivity contribution in [2.45, 2.75) is 52.2 Å². The first kappa shape index (κ1) is 39.5. The van der Waals surface area contributed by atoms with Gasteiger partial charge in [0, 0.05) is 36.6 Å². The lowest BCUT2D eigenvalue weighted by Gasteiger charge is -2.08. The van der Waals surface area contributed by atoms with Crippen molar-refractivity contribution in [2.75, 3.05) is 13.2 Å². The van der Waals surface area contributed by atoms with Gasteiger partial charge in [0.15, 0.2) is 0 Å². The van der Waals surface area contributed by atoms with E-state index >= 15 is 0 Å². The van der Waals surface area contributed by atoms with Crippen LogP contribution in [0.5, 0.6) is 11.5 Å². The smallest absolute Gasteiger partial charge is 0.290 e. The van der Waals surface area contributed by atoms with Gasteiger partial charge < -0.3 is 9.47 Å². The van der Waals surface area contributed by atoms with Crippen molar-refractivity contribution < 1.29 is 28.7 Å². The molecule has 4 amide bonds. The number of imide groups is 2. The van der Waals surface area contributed by atoms with Crippen LogP contribution in [-0.2, 0) is 28.9 Å². The molecule has 2 aromatic carbocycles.